The van der Waals surface area contributed by atoms with Gasteiger partial charge in [0, 0.05) is 38.1 Å². The largest absolute Gasteiger partial charge is 0.356 e. The Hall–Kier alpha value is -2.29. The molecule has 9 heteroatoms. The van der Waals surface area contributed by atoms with Crippen LogP contribution in [0.25, 0.3) is 0 Å². The molecule has 0 spiro atoms. The van der Waals surface area contributed by atoms with Crippen LogP contribution in [0.1, 0.15) is 29.0 Å². The molecule has 1 amide bonds. The fraction of sp³-hybridized carbons (Fsp3) is 0.429. The SMILES string of the molecule is Cc1cc(NS(=O)(=O)c2c[nH]c(C(=O)N3CCCC3)c2)nn1C. The summed E-state index contributed by atoms with van der Waals surface area (Å²) in [7, 11) is -2.05. The van der Waals surface area contributed by atoms with Crippen molar-refractivity contribution in [2.75, 3.05) is 17.8 Å². The number of aryl methyl sites for hydroxylation is 2. The molecule has 0 radical (unpaired) electrons. The first-order chi connectivity index (χ1) is 10.9. The van der Waals surface area contributed by atoms with E-state index in [-0.39, 0.29) is 22.3 Å². The molecule has 0 unspecified atom stereocenters. The van der Waals surface area contributed by atoms with E-state index < -0.39 is 10.0 Å². The van der Waals surface area contributed by atoms with E-state index >= 15 is 0 Å². The Balaban J connectivity index is 1.79. The zero-order chi connectivity index (χ0) is 16.6. The van der Waals surface area contributed by atoms with Crippen molar-refractivity contribution in [2.45, 2.75) is 24.7 Å². The van der Waals surface area contributed by atoms with Gasteiger partial charge in [-0.25, -0.2) is 8.42 Å². The predicted octanol–water partition coefficient (Wildman–Crippen LogP) is 1.09. The van der Waals surface area contributed by atoms with E-state index in [9.17, 15) is 13.2 Å². The molecule has 0 aliphatic carbocycles. The van der Waals surface area contributed by atoms with Crippen molar-refractivity contribution in [2.24, 2.45) is 7.05 Å². The lowest BCUT2D eigenvalue weighted by Gasteiger charge is -2.13. The number of sulfonamides is 1. The zero-order valence-corrected chi connectivity index (χ0v) is 13.9. The van der Waals surface area contributed by atoms with E-state index in [2.05, 4.69) is 14.8 Å². The lowest BCUT2D eigenvalue weighted by Crippen LogP contribution is -2.27. The van der Waals surface area contributed by atoms with Crippen molar-refractivity contribution in [1.29, 1.82) is 0 Å². The maximum atomic E-state index is 12.4. The van der Waals surface area contributed by atoms with E-state index in [1.807, 2.05) is 6.92 Å². The fourth-order valence-corrected chi connectivity index (χ4v) is 3.53. The maximum absolute atomic E-state index is 12.4. The molecule has 2 aromatic heterocycles. The van der Waals surface area contributed by atoms with Crippen LogP contribution in [-0.2, 0) is 17.1 Å². The number of carbonyl (C=O) groups excluding carboxylic acids is 1. The number of aromatic nitrogens is 3. The average Bonchev–Trinajstić information content (AvgIpc) is 3.21. The van der Waals surface area contributed by atoms with E-state index in [0.717, 1.165) is 18.5 Å². The van der Waals surface area contributed by atoms with Gasteiger partial charge in [0.2, 0.25) is 0 Å². The smallest absolute Gasteiger partial charge is 0.270 e. The van der Waals surface area contributed by atoms with Gasteiger partial charge in [0.1, 0.15) is 10.6 Å². The van der Waals surface area contributed by atoms with Gasteiger partial charge in [-0.05, 0) is 25.8 Å². The lowest BCUT2D eigenvalue weighted by molar-refractivity contribution is 0.0787. The summed E-state index contributed by atoms with van der Waals surface area (Å²) < 4.78 is 28.7. The van der Waals surface area contributed by atoms with Crippen LogP contribution in [0.5, 0.6) is 0 Å². The van der Waals surface area contributed by atoms with Gasteiger partial charge in [-0.2, -0.15) is 5.10 Å². The summed E-state index contributed by atoms with van der Waals surface area (Å²) in [6.45, 7) is 3.25. The predicted molar refractivity (Wildman–Crippen MR) is 84.7 cm³/mol. The summed E-state index contributed by atoms with van der Waals surface area (Å²) in [4.78, 5) is 16.7. The van der Waals surface area contributed by atoms with Crippen molar-refractivity contribution in [3.8, 4) is 0 Å². The molecule has 0 aromatic carbocycles. The van der Waals surface area contributed by atoms with Crippen LogP contribution in [0.3, 0.4) is 0 Å². The molecule has 3 heterocycles. The summed E-state index contributed by atoms with van der Waals surface area (Å²) in [6, 6.07) is 3.00. The minimum Gasteiger partial charge on any atom is -0.356 e. The monoisotopic (exact) mass is 337 g/mol. The molecule has 0 bridgehead atoms. The minimum atomic E-state index is -3.78. The number of nitrogens with one attached hydrogen (secondary N) is 2. The Morgan fingerprint density at radius 2 is 2.00 bits per heavy atom. The van der Waals surface area contributed by atoms with Crippen LogP contribution < -0.4 is 4.72 Å². The summed E-state index contributed by atoms with van der Waals surface area (Å²) in [5.74, 6) is 0.0799. The molecule has 124 valence electrons. The van der Waals surface area contributed by atoms with Gasteiger partial charge >= 0.3 is 0 Å². The number of hydrogen-bond donors (Lipinski definition) is 2. The number of aromatic amines is 1. The van der Waals surface area contributed by atoms with E-state index in [4.69, 9.17) is 0 Å². The maximum Gasteiger partial charge on any atom is 0.270 e. The normalized spacial score (nSPS) is 15.1. The Labute approximate surface area is 134 Å². The Morgan fingerprint density at radius 1 is 1.30 bits per heavy atom. The number of hydrogen-bond acceptors (Lipinski definition) is 4. The molecule has 2 aromatic rings. The molecule has 23 heavy (non-hydrogen) atoms. The Bertz CT molecular complexity index is 811. The molecule has 1 aliphatic heterocycles. The van der Waals surface area contributed by atoms with Crippen LogP contribution in [-0.4, -0.2) is 47.1 Å². The highest BCUT2D eigenvalue weighted by Gasteiger charge is 2.24. The van der Waals surface area contributed by atoms with Gasteiger partial charge in [0.15, 0.2) is 5.82 Å². The average molecular weight is 337 g/mol. The van der Waals surface area contributed by atoms with Gasteiger partial charge in [-0.1, -0.05) is 0 Å². The minimum absolute atomic E-state index is 0.0170. The summed E-state index contributed by atoms with van der Waals surface area (Å²) in [5.41, 5.74) is 1.12. The van der Waals surface area contributed by atoms with Crippen LogP contribution in [0.4, 0.5) is 5.82 Å². The van der Waals surface area contributed by atoms with Gasteiger partial charge in [0.05, 0.1) is 0 Å². The standard InChI is InChI=1S/C14H19N5O3S/c1-10-7-13(16-18(10)2)17-23(21,22)11-8-12(15-9-11)14(20)19-5-3-4-6-19/h7-9,15H,3-6H2,1-2H3,(H,16,17). The number of amides is 1. The second-order valence-electron chi connectivity index (χ2n) is 5.65. The van der Waals surface area contributed by atoms with Crippen LogP contribution in [0.15, 0.2) is 23.2 Å². The molecule has 1 fully saturated rings. The van der Waals surface area contributed by atoms with Crippen molar-refractivity contribution in [3.63, 3.8) is 0 Å². The number of likely N-dealkylation sites (tertiary alicyclic amines) is 1. The Morgan fingerprint density at radius 3 is 2.61 bits per heavy atom. The third-order valence-electron chi connectivity index (χ3n) is 3.94. The van der Waals surface area contributed by atoms with Gasteiger partial charge in [0.25, 0.3) is 15.9 Å². The first kappa shape index (κ1) is 15.6. The number of H-pyrrole nitrogens is 1. The summed E-state index contributed by atoms with van der Waals surface area (Å²) in [6.07, 6.45) is 3.29. The second-order valence-corrected chi connectivity index (χ2v) is 7.33. The fourth-order valence-electron chi connectivity index (χ4n) is 2.55. The highest BCUT2D eigenvalue weighted by molar-refractivity contribution is 7.92. The third kappa shape index (κ3) is 3.09. The zero-order valence-electron chi connectivity index (χ0n) is 13.0. The molecule has 0 atom stereocenters. The van der Waals surface area contributed by atoms with Crippen molar-refractivity contribution >= 4 is 21.7 Å². The first-order valence-corrected chi connectivity index (χ1v) is 8.86. The number of nitrogens with zero attached hydrogens (tertiary/aromatic N) is 3. The molecular formula is C14H19N5O3S. The topological polar surface area (TPSA) is 100 Å². The Kier molecular flexibility index (Phi) is 3.88. The molecular weight excluding hydrogens is 318 g/mol. The summed E-state index contributed by atoms with van der Waals surface area (Å²) in [5, 5.41) is 4.07. The second kappa shape index (κ2) is 5.73. The number of rotatable bonds is 4. The number of anilines is 1. The molecule has 1 aliphatic rings. The van der Waals surface area contributed by atoms with Crippen molar-refractivity contribution in [1.82, 2.24) is 19.7 Å². The van der Waals surface area contributed by atoms with E-state index in [1.165, 1.54) is 12.3 Å². The number of carbonyl (C=O) groups is 1. The highest BCUT2D eigenvalue weighted by atomic mass is 32.2. The third-order valence-corrected chi connectivity index (χ3v) is 5.28. The van der Waals surface area contributed by atoms with E-state index in [1.54, 1.807) is 22.7 Å². The quantitative estimate of drug-likeness (QED) is 0.872. The van der Waals surface area contributed by atoms with Crippen LogP contribution >= 0.6 is 0 Å². The van der Waals surface area contributed by atoms with Crippen LogP contribution in [0.2, 0.25) is 0 Å². The molecule has 0 saturated carbocycles. The van der Waals surface area contributed by atoms with Crippen LogP contribution in [0, 0.1) is 6.92 Å². The molecule has 2 N–H and O–H groups in total. The van der Waals surface area contributed by atoms with E-state index in [0.29, 0.717) is 13.1 Å². The molecule has 3 rings (SSSR count). The molecule has 8 nitrogen and oxygen atoms in total. The summed E-state index contributed by atoms with van der Waals surface area (Å²) >= 11 is 0. The first-order valence-electron chi connectivity index (χ1n) is 7.38. The van der Waals surface area contributed by atoms with Gasteiger partial charge < -0.3 is 9.88 Å². The lowest BCUT2D eigenvalue weighted by atomic mass is 10.4. The van der Waals surface area contributed by atoms with Gasteiger partial charge in [-0.15, -0.1) is 0 Å². The van der Waals surface area contributed by atoms with Crippen molar-refractivity contribution in [3.05, 3.63) is 29.7 Å². The van der Waals surface area contributed by atoms with Crippen molar-refractivity contribution < 1.29 is 13.2 Å². The molecule has 1 saturated heterocycles. The van der Waals surface area contributed by atoms with Gasteiger partial charge in [-0.3, -0.25) is 14.2 Å². The highest BCUT2D eigenvalue weighted by Crippen LogP contribution is 2.18.